The predicted molar refractivity (Wildman–Crippen MR) is 113 cm³/mol. The number of alkyl halides is 3. The highest BCUT2D eigenvalue weighted by atomic mass is 19.4. The van der Waals surface area contributed by atoms with E-state index in [4.69, 9.17) is 14.6 Å². The number of halogens is 3. The summed E-state index contributed by atoms with van der Waals surface area (Å²) in [5, 5.41) is 14.7. The normalized spacial score (nSPS) is 20.2. The fraction of sp³-hybridized carbons (Fsp3) is 0.500. The van der Waals surface area contributed by atoms with Gasteiger partial charge in [0.1, 0.15) is 5.75 Å². The maximum absolute atomic E-state index is 12.2. The van der Waals surface area contributed by atoms with Gasteiger partial charge in [0, 0.05) is 50.8 Å². The second kappa shape index (κ2) is 9.82. The quantitative estimate of drug-likeness (QED) is 0.717. The van der Waals surface area contributed by atoms with Gasteiger partial charge in [-0.2, -0.15) is 18.3 Å². The van der Waals surface area contributed by atoms with E-state index in [1.165, 1.54) is 11.1 Å². The van der Waals surface area contributed by atoms with Gasteiger partial charge in [-0.05, 0) is 36.1 Å². The molecule has 1 atom stereocenters. The molecule has 2 fully saturated rings. The topological polar surface area (TPSA) is 96.7 Å². The number of ether oxygens (including phenoxy) is 1. The molecule has 4 rings (SSSR count). The van der Waals surface area contributed by atoms with Crippen molar-refractivity contribution in [2.75, 3.05) is 20.2 Å². The number of benzene rings is 1. The zero-order valence-corrected chi connectivity index (χ0v) is 18.4. The third-order valence-corrected chi connectivity index (χ3v) is 6.13. The average molecular weight is 468 g/mol. The smallest absolute Gasteiger partial charge is 0.490 e. The van der Waals surface area contributed by atoms with Crippen LogP contribution in [-0.4, -0.2) is 63.6 Å². The van der Waals surface area contributed by atoms with Gasteiger partial charge in [-0.3, -0.25) is 14.4 Å². The summed E-state index contributed by atoms with van der Waals surface area (Å²) in [5.74, 6) is -1.47. The van der Waals surface area contributed by atoms with Crippen molar-refractivity contribution in [2.45, 2.75) is 43.4 Å². The van der Waals surface area contributed by atoms with Gasteiger partial charge >= 0.3 is 12.1 Å². The first kappa shape index (κ1) is 24.6. The Morgan fingerprint density at radius 1 is 1.27 bits per heavy atom. The zero-order chi connectivity index (χ0) is 24.2. The summed E-state index contributed by atoms with van der Waals surface area (Å²) < 4.78 is 38.8. The first-order valence-corrected chi connectivity index (χ1v) is 10.5. The first-order chi connectivity index (χ1) is 15.5. The number of carbonyl (C=O) groups excluding carboxylic acids is 1. The lowest BCUT2D eigenvalue weighted by molar-refractivity contribution is -0.192. The van der Waals surface area contributed by atoms with E-state index in [1.54, 1.807) is 7.11 Å². The third kappa shape index (κ3) is 6.04. The van der Waals surface area contributed by atoms with Gasteiger partial charge in [-0.1, -0.05) is 12.1 Å². The number of hydrogen-bond acceptors (Lipinski definition) is 5. The zero-order valence-electron chi connectivity index (χ0n) is 18.4. The second-order valence-electron chi connectivity index (χ2n) is 8.34. The van der Waals surface area contributed by atoms with E-state index in [0.29, 0.717) is 6.42 Å². The SMILES string of the molecule is COc1ccc(CN2CCC3(CC2)NC(=O)CC3c2cnn(C)c2)cc1.O=C(O)C(F)(F)F. The Morgan fingerprint density at radius 3 is 2.36 bits per heavy atom. The molecule has 1 aromatic heterocycles. The summed E-state index contributed by atoms with van der Waals surface area (Å²) in [6.07, 6.45) is 1.42. The number of likely N-dealkylation sites (tertiary alicyclic amines) is 1. The van der Waals surface area contributed by atoms with Crippen LogP contribution in [0.1, 0.15) is 36.3 Å². The van der Waals surface area contributed by atoms with Gasteiger partial charge in [-0.25, -0.2) is 4.79 Å². The van der Waals surface area contributed by atoms with E-state index in [2.05, 4.69) is 33.6 Å². The summed E-state index contributed by atoms with van der Waals surface area (Å²) in [5.41, 5.74) is 2.35. The molecule has 2 aliphatic rings. The van der Waals surface area contributed by atoms with Gasteiger partial charge in [-0.15, -0.1) is 0 Å². The highest BCUT2D eigenvalue weighted by molar-refractivity contribution is 5.81. The third-order valence-electron chi connectivity index (χ3n) is 6.13. The molecule has 2 saturated heterocycles. The predicted octanol–water partition coefficient (Wildman–Crippen LogP) is 2.70. The number of carbonyl (C=O) groups is 2. The fourth-order valence-electron chi connectivity index (χ4n) is 4.43. The summed E-state index contributed by atoms with van der Waals surface area (Å²) in [6, 6.07) is 8.27. The Hall–Kier alpha value is -3.08. The van der Waals surface area contributed by atoms with Gasteiger partial charge in [0.2, 0.25) is 5.91 Å². The molecule has 2 aliphatic heterocycles. The molecule has 2 N–H and O–H groups in total. The molecule has 11 heteroatoms. The molecule has 8 nitrogen and oxygen atoms in total. The van der Waals surface area contributed by atoms with Crippen LogP contribution < -0.4 is 10.1 Å². The van der Waals surface area contributed by atoms with Crippen LogP contribution in [-0.2, 0) is 23.2 Å². The Kier molecular flexibility index (Phi) is 7.31. The number of nitrogens with zero attached hydrogens (tertiary/aromatic N) is 3. The number of aryl methyl sites for hydroxylation is 1. The largest absolute Gasteiger partial charge is 0.497 e. The summed E-state index contributed by atoms with van der Waals surface area (Å²) in [7, 11) is 3.62. The number of amides is 1. The Morgan fingerprint density at radius 2 is 1.88 bits per heavy atom. The van der Waals surface area contributed by atoms with Crippen molar-refractivity contribution in [3.63, 3.8) is 0 Å². The van der Waals surface area contributed by atoms with Crippen molar-refractivity contribution in [1.82, 2.24) is 20.0 Å². The summed E-state index contributed by atoms with van der Waals surface area (Å²) in [6.45, 7) is 2.91. The lowest BCUT2D eigenvalue weighted by atomic mass is 9.75. The molecule has 1 spiro atoms. The number of carboxylic acids is 1. The molecule has 1 amide bonds. The first-order valence-electron chi connectivity index (χ1n) is 10.5. The minimum absolute atomic E-state index is 0.115. The molecule has 0 saturated carbocycles. The fourth-order valence-corrected chi connectivity index (χ4v) is 4.43. The molecular weight excluding hydrogens is 441 g/mol. The van der Waals surface area contributed by atoms with E-state index in [-0.39, 0.29) is 17.4 Å². The number of piperidine rings is 1. The molecule has 0 radical (unpaired) electrons. The maximum atomic E-state index is 12.2. The Balaban J connectivity index is 0.000000383. The number of rotatable bonds is 4. The van der Waals surface area contributed by atoms with Crippen LogP contribution in [0.2, 0.25) is 0 Å². The van der Waals surface area contributed by atoms with Crippen molar-refractivity contribution < 1.29 is 32.6 Å². The molecule has 3 heterocycles. The lowest BCUT2D eigenvalue weighted by Gasteiger charge is -2.42. The number of hydrogen-bond donors (Lipinski definition) is 2. The van der Waals surface area contributed by atoms with Crippen molar-refractivity contribution in [3.8, 4) is 5.75 Å². The van der Waals surface area contributed by atoms with Gasteiger partial charge in [0.25, 0.3) is 0 Å². The van der Waals surface area contributed by atoms with E-state index in [0.717, 1.165) is 38.2 Å². The van der Waals surface area contributed by atoms with E-state index in [1.807, 2.05) is 30.1 Å². The summed E-state index contributed by atoms with van der Waals surface area (Å²) in [4.78, 5) is 23.5. The van der Waals surface area contributed by atoms with Crippen LogP contribution >= 0.6 is 0 Å². The number of methoxy groups -OCH3 is 1. The van der Waals surface area contributed by atoms with Crippen LogP contribution in [0.5, 0.6) is 5.75 Å². The maximum Gasteiger partial charge on any atom is 0.490 e. The van der Waals surface area contributed by atoms with Crippen LogP contribution in [0.4, 0.5) is 13.2 Å². The average Bonchev–Trinajstić information content (AvgIpc) is 3.33. The minimum atomic E-state index is -5.08. The molecule has 1 unspecified atom stereocenters. The molecule has 180 valence electrons. The number of nitrogens with one attached hydrogen (secondary N) is 1. The second-order valence-corrected chi connectivity index (χ2v) is 8.34. The Labute approximate surface area is 189 Å². The van der Waals surface area contributed by atoms with Crippen LogP contribution in [0.15, 0.2) is 36.7 Å². The highest BCUT2D eigenvalue weighted by Gasteiger charge is 2.49. The standard InChI is InChI=1S/C20H26N4O2.C2HF3O2/c1-23-14-16(12-21-23)18-11-19(25)22-20(18)7-9-24(10-8-20)13-15-3-5-17(26-2)6-4-15;3-2(4,5)1(6)7/h3-6,12,14,18H,7-11,13H2,1-2H3,(H,22,25);(H,6,7). The molecule has 1 aromatic carbocycles. The van der Waals surface area contributed by atoms with E-state index >= 15 is 0 Å². The van der Waals surface area contributed by atoms with E-state index in [9.17, 15) is 18.0 Å². The van der Waals surface area contributed by atoms with Crippen molar-refractivity contribution >= 4 is 11.9 Å². The number of aliphatic carboxylic acids is 1. The molecule has 33 heavy (non-hydrogen) atoms. The van der Waals surface area contributed by atoms with Gasteiger partial charge in [0.05, 0.1) is 13.3 Å². The van der Waals surface area contributed by atoms with Crippen molar-refractivity contribution in [3.05, 3.63) is 47.8 Å². The molecule has 2 aromatic rings. The summed E-state index contributed by atoms with van der Waals surface area (Å²) >= 11 is 0. The monoisotopic (exact) mass is 468 g/mol. The lowest BCUT2D eigenvalue weighted by Crippen LogP contribution is -2.53. The molecule has 0 bridgehead atoms. The van der Waals surface area contributed by atoms with Crippen molar-refractivity contribution in [2.24, 2.45) is 7.05 Å². The van der Waals surface area contributed by atoms with Crippen LogP contribution in [0, 0.1) is 0 Å². The van der Waals surface area contributed by atoms with Crippen LogP contribution in [0.25, 0.3) is 0 Å². The van der Waals surface area contributed by atoms with Crippen molar-refractivity contribution in [1.29, 1.82) is 0 Å². The van der Waals surface area contributed by atoms with Gasteiger partial charge < -0.3 is 15.2 Å². The van der Waals surface area contributed by atoms with Gasteiger partial charge in [0.15, 0.2) is 0 Å². The molecular formula is C22H27F3N4O4. The molecule has 0 aliphatic carbocycles. The van der Waals surface area contributed by atoms with Crippen LogP contribution in [0.3, 0.4) is 0 Å². The Bertz CT molecular complexity index is 967. The number of carboxylic acid groups (broad SMARTS) is 1. The number of aromatic nitrogens is 2. The van der Waals surface area contributed by atoms with E-state index < -0.39 is 12.1 Å². The highest BCUT2D eigenvalue weighted by Crippen LogP contribution is 2.43. The minimum Gasteiger partial charge on any atom is -0.497 e.